The molecular formula is C23H36N4O2. The SMILES string of the molecule is CC1=C(CCN2CC3CN(C(=O)c4ccnn4C)CC3(CO)C2)C(C)(C)CCC1. The number of likely N-dealkylation sites (tertiary alicyclic amines) is 2. The summed E-state index contributed by atoms with van der Waals surface area (Å²) in [6, 6.07) is 1.77. The molecule has 3 aliphatic rings. The highest BCUT2D eigenvalue weighted by atomic mass is 16.3. The molecule has 2 unspecified atom stereocenters. The van der Waals surface area contributed by atoms with Crippen molar-refractivity contribution in [2.45, 2.75) is 46.5 Å². The van der Waals surface area contributed by atoms with Crippen molar-refractivity contribution in [1.29, 1.82) is 0 Å². The number of hydrogen-bond acceptors (Lipinski definition) is 4. The first kappa shape index (κ1) is 20.6. The number of fused-ring (bicyclic) bond motifs is 1. The van der Waals surface area contributed by atoms with Gasteiger partial charge in [-0.1, -0.05) is 25.0 Å². The second kappa shape index (κ2) is 7.55. The molecule has 0 saturated carbocycles. The Bertz CT molecular complexity index is 812. The second-order valence-corrected chi connectivity index (χ2v) is 10.2. The zero-order valence-electron chi connectivity index (χ0n) is 18.4. The number of carbonyl (C=O) groups is 1. The van der Waals surface area contributed by atoms with E-state index in [1.165, 1.54) is 19.3 Å². The molecule has 1 aliphatic carbocycles. The Morgan fingerprint density at radius 3 is 2.72 bits per heavy atom. The van der Waals surface area contributed by atoms with Gasteiger partial charge in [0.25, 0.3) is 5.91 Å². The molecule has 2 atom stereocenters. The highest BCUT2D eigenvalue weighted by molar-refractivity contribution is 5.92. The fourth-order valence-electron chi connectivity index (χ4n) is 6.08. The van der Waals surface area contributed by atoms with Gasteiger partial charge in [0.15, 0.2) is 0 Å². The molecule has 2 saturated heterocycles. The normalized spacial score (nSPS) is 29.6. The van der Waals surface area contributed by atoms with Crippen molar-refractivity contribution in [2.24, 2.45) is 23.8 Å². The van der Waals surface area contributed by atoms with Crippen LogP contribution in [0.5, 0.6) is 0 Å². The average Bonchev–Trinajstić information content (AvgIpc) is 3.32. The highest BCUT2D eigenvalue weighted by Crippen LogP contribution is 2.45. The lowest BCUT2D eigenvalue weighted by Gasteiger charge is -2.36. The number of aryl methyl sites for hydroxylation is 1. The van der Waals surface area contributed by atoms with Crippen LogP contribution in [-0.4, -0.2) is 69.9 Å². The summed E-state index contributed by atoms with van der Waals surface area (Å²) in [5.41, 5.74) is 3.99. The quantitative estimate of drug-likeness (QED) is 0.772. The lowest BCUT2D eigenvalue weighted by atomic mass is 9.71. The molecule has 0 bridgehead atoms. The first-order valence-electron chi connectivity index (χ1n) is 11.1. The third-order valence-electron chi connectivity index (χ3n) is 7.84. The number of aromatic nitrogens is 2. The molecule has 4 rings (SSSR count). The van der Waals surface area contributed by atoms with E-state index in [-0.39, 0.29) is 17.9 Å². The second-order valence-electron chi connectivity index (χ2n) is 10.2. The number of aliphatic hydroxyl groups excluding tert-OH is 1. The van der Waals surface area contributed by atoms with E-state index >= 15 is 0 Å². The van der Waals surface area contributed by atoms with Gasteiger partial charge in [-0.2, -0.15) is 5.10 Å². The van der Waals surface area contributed by atoms with Crippen LogP contribution in [0.2, 0.25) is 0 Å². The predicted molar refractivity (Wildman–Crippen MR) is 114 cm³/mol. The van der Waals surface area contributed by atoms with Gasteiger partial charge in [-0.05, 0) is 50.0 Å². The summed E-state index contributed by atoms with van der Waals surface area (Å²) in [6.07, 6.45) is 6.63. The first-order chi connectivity index (χ1) is 13.8. The number of allylic oxidation sites excluding steroid dienone is 1. The van der Waals surface area contributed by atoms with Crippen molar-refractivity contribution in [3.8, 4) is 0 Å². The van der Waals surface area contributed by atoms with Crippen molar-refractivity contribution in [2.75, 3.05) is 39.3 Å². The molecule has 0 aromatic carbocycles. The minimum absolute atomic E-state index is 0.0310. The van der Waals surface area contributed by atoms with Crippen LogP contribution >= 0.6 is 0 Å². The van der Waals surface area contributed by atoms with Gasteiger partial charge in [-0.15, -0.1) is 0 Å². The fourth-order valence-corrected chi connectivity index (χ4v) is 6.08. The maximum Gasteiger partial charge on any atom is 0.272 e. The van der Waals surface area contributed by atoms with Crippen LogP contribution in [0.3, 0.4) is 0 Å². The number of hydrogen-bond donors (Lipinski definition) is 1. The highest BCUT2D eigenvalue weighted by Gasteiger charge is 2.53. The molecule has 6 nitrogen and oxygen atoms in total. The van der Waals surface area contributed by atoms with Gasteiger partial charge in [0.05, 0.1) is 6.61 Å². The monoisotopic (exact) mass is 400 g/mol. The summed E-state index contributed by atoms with van der Waals surface area (Å²) < 4.78 is 1.64. The zero-order chi connectivity index (χ0) is 20.8. The summed E-state index contributed by atoms with van der Waals surface area (Å²) in [7, 11) is 1.80. The van der Waals surface area contributed by atoms with Crippen molar-refractivity contribution in [3.05, 3.63) is 29.1 Å². The zero-order valence-corrected chi connectivity index (χ0v) is 18.4. The smallest absolute Gasteiger partial charge is 0.272 e. The molecule has 6 heteroatoms. The van der Waals surface area contributed by atoms with Gasteiger partial charge in [0.2, 0.25) is 0 Å². The van der Waals surface area contributed by atoms with Gasteiger partial charge in [-0.25, -0.2) is 0 Å². The molecule has 1 amide bonds. The number of amides is 1. The van der Waals surface area contributed by atoms with E-state index in [0.717, 1.165) is 32.6 Å². The van der Waals surface area contributed by atoms with Crippen LogP contribution < -0.4 is 0 Å². The van der Waals surface area contributed by atoms with Gasteiger partial charge in [0, 0.05) is 51.4 Å². The summed E-state index contributed by atoms with van der Waals surface area (Å²) in [5.74, 6) is 0.377. The summed E-state index contributed by atoms with van der Waals surface area (Å²) in [4.78, 5) is 17.4. The Morgan fingerprint density at radius 1 is 1.31 bits per heavy atom. The van der Waals surface area contributed by atoms with E-state index in [1.807, 2.05) is 4.90 Å². The molecule has 2 fully saturated rings. The van der Waals surface area contributed by atoms with Crippen molar-refractivity contribution < 1.29 is 9.90 Å². The largest absolute Gasteiger partial charge is 0.396 e. The Kier molecular flexibility index (Phi) is 5.36. The van der Waals surface area contributed by atoms with E-state index in [0.29, 0.717) is 23.6 Å². The molecule has 3 heterocycles. The van der Waals surface area contributed by atoms with Crippen LogP contribution in [0.4, 0.5) is 0 Å². The molecule has 160 valence electrons. The molecule has 0 spiro atoms. The van der Waals surface area contributed by atoms with E-state index in [1.54, 1.807) is 35.1 Å². The molecular weight excluding hydrogens is 364 g/mol. The van der Waals surface area contributed by atoms with Crippen molar-refractivity contribution in [3.63, 3.8) is 0 Å². The summed E-state index contributed by atoms with van der Waals surface area (Å²) >= 11 is 0. The Hall–Kier alpha value is -1.66. The van der Waals surface area contributed by atoms with Gasteiger partial charge in [0.1, 0.15) is 5.69 Å². The summed E-state index contributed by atoms with van der Waals surface area (Å²) in [6.45, 7) is 11.5. The predicted octanol–water partition coefficient (Wildman–Crippen LogP) is 2.70. The van der Waals surface area contributed by atoms with E-state index in [2.05, 4.69) is 30.8 Å². The Labute approximate surface area is 174 Å². The molecule has 1 aromatic rings. The van der Waals surface area contributed by atoms with E-state index in [4.69, 9.17) is 0 Å². The first-order valence-corrected chi connectivity index (χ1v) is 11.1. The number of aliphatic hydroxyl groups is 1. The lowest BCUT2D eigenvalue weighted by Crippen LogP contribution is -2.39. The molecule has 1 aromatic heterocycles. The van der Waals surface area contributed by atoms with Gasteiger partial charge >= 0.3 is 0 Å². The molecule has 2 aliphatic heterocycles. The van der Waals surface area contributed by atoms with Crippen molar-refractivity contribution in [1.82, 2.24) is 19.6 Å². The molecule has 0 radical (unpaired) electrons. The van der Waals surface area contributed by atoms with Gasteiger partial charge < -0.3 is 14.9 Å². The molecule has 29 heavy (non-hydrogen) atoms. The van der Waals surface area contributed by atoms with Crippen molar-refractivity contribution >= 4 is 5.91 Å². The topological polar surface area (TPSA) is 61.6 Å². The standard InChI is InChI=1S/C23H36N4O2/c1-17-6-5-9-22(2,3)19(17)8-11-26-12-18-13-27(15-23(18,14-26)16-28)21(29)20-7-10-24-25(20)4/h7,10,18,28H,5-6,8-9,11-16H2,1-4H3. The lowest BCUT2D eigenvalue weighted by molar-refractivity contribution is 0.0710. The van der Waals surface area contributed by atoms with Gasteiger partial charge in [-0.3, -0.25) is 9.48 Å². The van der Waals surface area contributed by atoms with Crippen LogP contribution in [0.1, 0.15) is 56.9 Å². The number of nitrogens with zero attached hydrogens (tertiary/aromatic N) is 4. The van der Waals surface area contributed by atoms with Crippen LogP contribution in [0, 0.1) is 16.7 Å². The minimum Gasteiger partial charge on any atom is -0.396 e. The molecule has 1 N–H and O–H groups in total. The third kappa shape index (κ3) is 3.66. The van der Waals surface area contributed by atoms with Crippen LogP contribution in [0.25, 0.3) is 0 Å². The fraction of sp³-hybridized carbons (Fsp3) is 0.739. The Morgan fingerprint density at radius 2 is 2.10 bits per heavy atom. The third-order valence-corrected chi connectivity index (χ3v) is 7.84. The Balaban J connectivity index is 1.40. The summed E-state index contributed by atoms with van der Waals surface area (Å²) in [5, 5.41) is 14.4. The minimum atomic E-state index is -0.181. The number of carbonyl (C=O) groups excluding carboxylic acids is 1. The van der Waals surface area contributed by atoms with E-state index in [9.17, 15) is 9.90 Å². The average molecular weight is 401 g/mol. The maximum atomic E-state index is 12.9. The number of rotatable bonds is 5. The van der Waals surface area contributed by atoms with Crippen LogP contribution in [0.15, 0.2) is 23.4 Å². The maximum absolute atomic E-state index is 12.9. The van der Waals surface area contributed by atoms with Crippen LogP contribution in [-0.2, 0) is 7.05 Å². The van der Waals surface area contributed by atoms with E-state index < -0.39 is 0 Å².